The minimum Gasteiger partial charge on any atom is -0.495 e. The van der Waals surface area contributed by atoms with Gasteiger partial charge in [0, 0.05) is 16.7 Å². The average molecular weight is 401 g/mol. The van der Waals surface area contributed by atoms with Crippen molar-refractivity contribution in [2.24, 2.45) is 5.92 Å². The highest BCUT2D eigenvalue weighted by Gasteiger charge is 2.28. The number of nitrogens with zero attached hydrogens (tertiary/aromatic N) is 1. The Balaban J connectivity index is 2.27. The van der Waals surface area contributed by atoms with Gasteiger partial charge >= 0.3 is 0 Å². The first-order valence-corrected chi connectivity index (χ1v) is 9.02. The molecule has 1 unspecified atom stereocenters. The van der Waals surface area contributed by atoms with Gasteiger partial charge in [0.25, 0.3) is 0 Å². The monoisotopic (exact) mass is 400 g/mol. The summed E-state index contributed by atoms with van der Waals surface area (Å²) < 4.78 is 10.7. The topological polar surface area (TPSA) is 88.4 Å². The van der Waals surface area contributed by atoms with Crippen molar-refractivity contribution < 1.29 is 19.1 Å². The second kappa shape index (κ2) is 9.25. The highest BCUT2D eigenvalue weighted by atomic mass is 35.5. The van der Waals surface area contributed by atoms with Crippen LogP contribution in [0.4, 0.5) is 5.69 Å². The molecular weight excluding hydrogens is 380 g/mol. The van der Waals surface area contributed by atoms with E-state index >= 15 is 0 Å². The Kier molecular flexibility index (Phi) is 7.02. The number of Topliss-reactive ketones (excluding diaryl/α,β-unsaturated/α-hetero) is 1. The molecule has 0 saturated carbocycles. The molecule has 1 amide bonds. The number of carbonyl (C=O) groups excluding carboxylic acids is 2. The number of rotatable bonds is 7. The maximum atomic E-state index is 12.7. The lowest BCUT2D eigenvalue weighted by Gasteiger charge is -2.14. The Labute approximate surface area is 169 Å². The van der Waals surface area contributed by atoms with Crippen molar-refractivity contribution >= 4 is 29.0 Å². The number of halogens is 1. The molecule has 0 heterocycles. The SMILES string of the molecule is CCOc1ccc(C(=O)C(C#N)C(=O)Nc2cc(C)c(Cl)cc2OC)cc1C. The van der Waals surface area contributed by atoms with Crippen molar-refractivity contribution in [3.8, 4) is 17.6 Å². The molecule has 0 aromatic heterocycles. The zero-order valence-electron chi connectivity index (χ0n) is 16.1. The zero-order valence-corrected chi connectivity index (χ0v) is 16.9. The number of ether oxygens (including phenoxy) is 2. The van der Waals surface area contributed by atoms with Crippen LogP contribution in [-0.2, 0) is 4.79 Å². The molecule has 0 radical (unpaired) electrons. The fourth-order valence-corrected chi connectivity index (χ4v) is 2.81. The first kappa shape index (κ1) is 21.3. The van der Waals surface area contributed by atoms with E-state index in [4.69, 9.17) is 21.1 Å². The molecular formula is C21H21ClN2O4. The molecule has 7 heteroatoms. The first-order chi connectivity index (χ1) is 13.3. The van der Waals surface area contributed by atoms with Gasteiger partial charge in [-0.3, -0.25) is 9.59 Å². The highest BCUT2D eigenvalue weighted by molar-refractivity contribution is 6.31. The van der Waals surface area contributed by atoms with E-state index in [1.165, 1.54) is 7.11 Å². The van der Waals surface area contributed by atoms with Crippen molar-refractivity contribution in [3.63, 3.8) is 0 Å². The van der Waals surface area contributed by atoms with Crippen molar-refractivity contribution in [2.45, 2.75) is 20.8 Å². The average Bonchev–Trinajstić information content (AvgIpc) is 2.66. The summed E-state index contributed by atoms with van der Waals surface area (Å²) in [5.41, 5.74) is 2.08. The molecule has 0 spiro atoms. The fourth-order valence-electron chi connectivity index (χ4n) is 2.66. The number of ketones is 1. The molecule has 6 nitrogen and oxygen atoms in total. The number of anilines is 1. The quantitative estimate of drug-likeness (QED) is 0.552. The molecule has 1 atom stereocenters. The molecule has 0 saturated heterocycles. The lowest BCUT2D eigenvalue weighted by atomic mass is 9.96. The van der Waals surface area contributed by atoms with Crippen LogP contribution in [-0.4, -0.2) is 25.4 Å². The van der Waals surface area contributed by atoms with Gasteiger partial charge in [-0.1, -0.05) is 11.6 Å². The third-order valence-corrected chi connectivity index (χ3v) is 4.56. The number of amides is 1. The maximum absolute atomic E-state index is 12.7. The number of carbonyl (C=O) groups is 2. The summed E-state index contributed by atoms with van der Waals surface area (Å²) in [6, 6.07) is 9.78. The molecule has 0 aliphatic rings. The van der Waals surface area contributed by atoms with E-state index in [9.17, 15) is 14.9 Å². The summed E-state index contributed by atoms with van der Waals surface area (Å²) in [6.45, 7) is 5.93. The summed E-state index contributed by atoms with van der Waals surface area (Å²) in [5, 5.41) is 12.5. The largest absolute Gasteiger partial charge is 0.495 e. The van der Waals surface area contributed by atoms with Crippen LogP contribution < -0.4 is 14.8 Å². The van der Waals surface area contributed by atoms with Gasteiger partial charge in [-0.2, -0.15) is 5.26 Å². The molecule has 2 aromatic carbocycles. The van der Waals surface area contributed by atoms with Gasteiger partial charge < -0.3 is 14.8 Å². The second-order valence-electron chi connectivity index (χ2n) is 6.13. The van der Waals surface area contributed by atoms with E-state index in [0.717, 1.165) is 11.1 Å². The number of aryl methyl sites for hydroxylation is 2. The number of hydrogen-bond acceptors (Lipinski definition) is 5. The van der Waals surface area contributed by atoms with E-state index in [-0.39, 0.29) is 5.56 Å². The molecule has 1 N–H and O–H groups in total. The molecule has 2 rings (SSSR count). The molecule has 0 bridgehead atoms. The van der Waals surface area contributed by atoms with E-state index < -0.39 is 17.6 Å². The van der Waals surface area contributed by atoms with Gasteiger partial charge in [0.05, 0.1) is 25.5 Å². The molecule has 146 valence electrons. The molecule has 2 aromatic rings. The van der Waals surface area contributed by atoms with Crippen molar-refractivity contribution in [3.05, 3.63) is 52.0 Å². The van der Waals surface area contributed by atoms with Crippen LogP contribution >= 0.6 is 11.6 Å². The number of nitrogens with one attached hydrogen (secondary N) is 1. The highest BCUT2D eigenvalue weighted by Crippen LogP contribution is 2.31. The zero-order chi connectivity index (χ0) is 20.8. The minimum absolute atomic E-state index is 0.266. The summed E-state index contributed by atoms with van der Waals surface area (Å²) in [6.07, 6.45) is 0. The van der Waals surface area contributed by atoms with Gasteiger partial charge in [-0.05, 0) is 56.2 Å². The van der Waals surface area contributed by atoms with Crippen molar-refractivity contribution in [1.29, 1.82) is 5.26 Å². The van der Waals surface area contributed by atoms with E-state index in [1.807, 2.05) is 6.92 Å². The smallest absolute Gasteiger partial charge is 0.249 e. The number of hydrogen-bond donors (Lipinski definition) is 1. The van der Waals surface area contributed by atoms with Crippen LogP contribution in [0.25, 0.3) is 0 Å². The number of methoxy groups -OCH3 is 1. The second-order valence-corrected chi connectivity index (χ2v) is 6.54. The molecule has 0 aliphatic carbocycles. The maximum Gasteiger partial charge on any atom is 0.249 e. The molecule has 28 heavy (non-hydrogen) atoms. The summed E-state index contributed by atoms with van der Waals surface area (Å²) in [4.78, 5) is 25.3. The van der Waals surface area contributed by atoms with Crippen LogP contribution in [0.3, 0.4) is 0 Å². The third-order valence-electron chi connectivity index (χ3n) is 4.15. The van der Waals surface area contributed by atoms with E-state index in [1.54, 1.807) is 50.2 Å². The Morgan fingerprint density at radius 2 is 1.89 bits per heavy atom. The van der Waals surface area contributed by atoms with Gasteiger partial charge in [-0.25, -0.2) is 0 Å². The van der Waals surface area contributed by atoms with Crippen LogP contribution in [0.1, 0.15) is 28.4 Å². The van der Waals surface area contributed by atoms with E-state index in [0.29, 0.717) is 28.8 Å². The van der Waals surface area contributed by atoms with Crippen LogP contribution in [0.2, 0.25) is 5.02 Å². The standard InChI is InChI=1S/C21H21ClN2O4/c1-5-28-18-7-6-14(8-13(18)3)20(25)15(11-23)21(26)24-17-9-12(2)16(22)10-19(17)27-4/h6-10,15H,5H2,1-4H3,(H,24,26). The Morgan fingerprint density at radius 1 is 1.18 bits per heavy atom. The lowest BCUT2D eigenvalue weighted by molar-refractivity contribution is -0.117. The predicted molar refractivity (Wildman–Crippen MR) is 107 cm³/mol. The Bertz CT molecular complexity index is 950. The van der Waals surface area contributed by atoms with Gasteiger partial charge in [0.2, 0.25) is 5.91 Å². The Hall–Kier alpha value is -3.04. The lowest BCUT2D eigenvalue weighted by Crippen LogP contribution is -2.29. The van der Waals surface area contributed by atoms with Crippen LogP contribution in [0.15, 0.2) is 30.3 Å². The fraction of sp³-hybridized carbons (Fsp3) is 0.286. The molecule has 0 fully saturated rings. The van der Waals surface area contributed by atoms with Crippen LogP contribution in [0, 0.1) is 31.1 Å². The van der Waals surface area contributed by atoms with Gasteiger partial charge in [0.1, 0.15) is 11.5 Å². The number of nitriles is 1. The normalized spacial score (nSPS) is 11.3. The minimum atomic E-state index is -1.50. The first-order valence-electron chi connectivity index (χ1n) is 8.64. The number of benzene rings is 2. The summed E-state index contributed by atoms with van der Waals surface area (Å²) in [7, 11) is 1.44. The summed E-state index contributed by atoms with van der Waals surface area (Å²) >= 11 is 6.06. The summed E-state index contributed by atoms with van der Waals surface area (Å²) in [5.74, 6) is -1.84. The third kappa shape index (κ3) is 4.62. The van der Waals surface area contributed by atoms with Crippen LogP contribution in [0.5, 0.6) is 11.5 Å². The van der Waals surface area contributed by atoms with E-state index in [2.05, 4.69) is 5.32 Å². The Morgan fingerprint density at radius 3 is 2.46 bits per heavy atom. The predicted octanol–water partition coefficient (Wildman–Crippen LogP) is 4.33. The van der Waals surface area contributed by atoms with Crippen molar-refractivity contribution in [2.75, 3.05) is 19.0 Å². The van der Waals surface area contributed by atoms with Gasteiger partial charge in [-0.15, -0.1) is 0 Å². The molecule has 0 aliphatic heterocycles. The van der Waals surface area contributed by atoms with Gasteiger partial charge in [0.15, 0.2) is 11.7 Å². The van der Waals surface area contributed by atoms with Crippen molar-refractivity contribution in [1.82, 2.24) is 0 Å².